The maximum Gasteiger partial charge on any atom is 0.0718 e. The van der Waals surface area contributed by atoms with Crippen LogP contribution in [0.15, 0.2) is 0 Å². The van der Waals surface area contributed by atoms with Crippen LogP contribution >= 0.6 is 0 Å². The number of aliphatic hydroxyl groups is 1. The molecule has 0 saturated heterocycles. The zero-order valence-corrected chi connectivity index (χ0v) is 14.2. The zero-order valence-electron chi connectivity index (χ0n) is 14.2. The third-order valence-corrected chi connectivity index (χ3v) is 3.62. The van der Waals surface area contributed by atoms with Gasteiger partial charge in [-0.05, 0) is 44.7 Å². The number of hydrogen-bond donors (Lipinski definition) is 2. The van der Waals surface area contributed by atoms with Crippen LogP contribution in [-0.4, -0.2) is 48.3 Å². The average molecular weight is 272 g/mol. The Bertz CT molecular complexity index is 235. The lowest BCUT2D eigenvalue weighted by Gasteiger charge is -2.37. The molecule has 1 unspecified atom stereocenters. The molecule has 0 heterocycles. The predicted octanol–water partition coefficient (Wildman–Crippen LogP) is 2.74. The number of nitrogens with zero attached hydrogens (tertiary/aromatic N) is 1. The maximum atomic E-state index is 9.98. The van der Waals surface area contributed by atoms with Crippen molar-refractivity contribution in [3.8, 4) is 0 Å². The first-order valence-corrected chi connectivity index (χ1v) is 7.77. The molecule has 0 amide bonds. The van der Waals surface area contributed by atoms with E-state index >= 15 is 0 Å². The van der Waals surface area contributed by atoms with E-state index in [-0.39, 0.29) is 5.41 Å². The third-order valence-electron chi connectivity index (χ3n) is 3.62. The van der Waals surface area contributed by atoms with Gasteiger partial charge in [-0.3, -0.25) is 0 Å². The predicted molar refractivity (Wildman–Crippen MR) is 84.5 cm³/mol. The second-order valence-corrected chi connectivity index (χ2v) is 7.30. The largest absolute Gasteiger partial charge is 0.389 e. The number of hydrogen-bond acceptors (Lipinski definition) is 3. The van der Waals surface area contributed by atoms with Gasteiger partial charge in [-0.15, -0.1) is 0 Å². The second-order valence-electron chi connectivity index (χ2n) is 7.30. The molecule has 0 aliphatic rings. The smallest absolute Gasteiger partial charge is 0.0718 e. The number of likely N-dealkylation sites (N-methyl/N-ethyl adjacent to an activating group) is 1. The fraction of sp³-hybridized carbons (Fsp3) is 1.00. The zero-order chi connectivity index (χ0) is 15.1. The fourth-order valence-corrected chi connectivity index (χ4v) is 2.32. The summed E-state index contributed by atoms with van der Waals surface area (Å²) in [4.78, 5) is 2.36. The summed E-state index contributed by atoms with van der Waals surface area (Å²) in [6, 6.07) is 0. The van der Waals surface area contributed by atoms with Crippen molar-refractivity contribution >= 4 is 0 Å². The van der Waals surface area contributed by atoms with Gasteiger partial charge >= 0.3 is 0 Å². The summed E-state index contributed by atoms with van der Waals surface area (Å²) in [7, 11) is 0. The van der Waals surface area contributed by atoms with Gasteiger partial charge < -0.3 is 15.3 Å². The van der Waals surface area contributed by atoms with Crippen molar-refractivity contribution in [3.05, 3.63) is 0 Å². The Morgan fingerprint density at radius 1 is 1.11 bits per heavy atom. The molecule has 2 N–H and O–H groups in total. The first-order valence-electron chi connectivity index (χ1n) is 7.77. The molecule has 0 fully saturated rings. The van der Waals surface area contributed by atoms with Crippen molar-refractivity contribution < 1.29 is 5.11 Å². The SMILES string of the molecule is CCN(CC(C)(C)O)CC(C)(CC)CNCC(C)C. The quantitative estimate of drug-likeness (QED) is 0.642. The van der Waals surface area contributed by atoms with Crippen molar-refractivity contribution in [2.45, 2.75) is 60.5 Å². The first kappa shape index (κ1) is 18.9. The molecule has 0 aromatic rings. The van der Waals surface area contributed by atoms with Crippen molar-refractivity contribution in [3.63, 3.8) is 0 Å². The van der Waals surface area contributed by atoms with Gasteiger partial charge in [-0.1, -0.05) is 34.6 Å². The maximum absolute atomic E-state index is 9.98. The van der Waals surface area contributed by atoms with Gasteiger partial charge in [-0.2, -0.15) is 0 Å². The van der Waals surface area contributed by atoms with Crippen LogP contribution in [0.2, 0.25) is 0 Å². The van der Waals surface area contributed by atoms with Crippen LogP contribution < -0.4 is 5.32 Å². The monoisotopic (exact) mass is 272 g/mol. The molecule has 116 valence electrons. The van der Waals surface area contributed by atoms with Crippen LogP contribution in [-0.2, 0) is 0 Å². The highest BCUT2D eigenvalue weighted by Gasteiger charge is 2.27. The molecule has 0 radical (unpaired) electrons. The Morgan fingerprint density at radius 3 is 2.05 bits per heavy atom. The van der Waals surface area contributed by atoms with Gasteiger partial charge in [0, 0.05) is 19.6 Å². The molecule has 3 nitrogen and oxygen atoms in total. The van der Waals surface area contributed by atoms with E-state index in [0.29, 0.717) is 5.92 Å². The van der Waals surface area contributed by atoms with Crippen LogP contribution in [0.1, 0.15) is 54.9 Å². The normalized spacial score (nSPS) is 16.1. The van der Waals surface area contributed by atoms with E-state index in [9.17, 15) is 5.11 Å². The molecule has 19 heavy (non-hydrogen) atoms. The minimum absolute atomic E-state index is 0.274. The Labute approximate surface area is 120 Å². The van der Waals surface area contributed by atoms with Crippen molar-refractivity contribution in [2.75, 3.05) is 32.7 Å². The van der Waals surface area contributed by atoms with Crippen LogP contribution in [0.3, 0.4) is 0 Å². The topological polar surface area (TPSA) is 35.5 Å². The molecule has 0 aliphatic carbocycles. The summed E-state index contributed by atoms with van der Waals surface area (Å²) in [6.45, 7) is 19.9. The van der Waals surface area contributed by atoms with E-state index in [2.05, 4.69) is 44.8 Å². The van der Waals surface area contributed by atoms with Gasteiger partial charge in [0.05, 0.1) is 5.60 Å². The Morgan fingerprint density at radius 2 is 1.68 bits per heavy atom. The standard InChI is InChI=1S/C16H36N2O/c1-8-16(7,11-17-10-14(3)4)13-18(9-2)12-15(5,6)19/h14,17,19H,8-13H2,1-7H3. The first-order chi connectivity index (χ1) is 8.62. The highest BCUT2D eigenvalue weighted by molar-refractivity contribution is 4.82. The van der Waals surface area contributed by atoms with E-state index in [1.165, 1.54) is 0 Å². The van der Waals surface area contributed by atoms with Crippen molar-refractivity contribution in [1.29, 1.82) is 0 Å². The molecule has 0 rings (SSSR count). The molecule has 0 spiro atoms. The van der Waals surface area contributed by atoms with Crippen LogP contribution in [0.4, 0.5) is 0 Å². The van der Waals surface area contributed by atoms with E-state index in [0.717, 1.165) is 39.1 Å². The molecular formula is C16H36N2O. The van der Waals surface area contributed by atoms with Crippen molar-refractivity contribution in [1.82, 2.24) is 10.2 Å². The highest BCUT2D eigenvalue weighted by Crippen LogP contribution is 2.22. The molecule has 1 atom stereocenters. The molecule has 0 aliphatic heterocycles. The number of nitrogens with one attached hydrogen (secondary N) is 1. The lowest BCUT2D eigenvalue weighted by Crippen LogP contribution is -2.47. The number of rotatable bonds is 10. The van der Waals surface area contributed by atoms with E-state index in [1.807, 2.05) is 13.8 Å². The highest BCUT2D eigenvalue weighted by atomic mass is 16.3. The third kappa shape index (κ3) is 9.42. The molecule has 0 saturated carbocycles. The van der Waals surface area contributed by atoms with Gasteiger partial charge in [0.1, 0.15) is 0 Å². The molecule has 0 aromatic heterocycles. The van der Waals surface area contributed by atoms with Gasteiger partial charge in [0.15, 0.2) is 0 Å². The molecule has 0 bridgehead atoms. The Balaban J connectivity index is 4.39. The average Bonchev–Trinajstić information content (AvgIpc) is 2.25. The minimum atomic E-state index is -0.615. The van der Waals surface area contributed by atoms with Crippen LogP contribution in [0.5, 0.6) is 0 Å². The van der Waals surface area contributed by atoms with Crippen LogP contribution in [0, 0.1) is 11.3 Å². The van der Waals surface area contributed by atoms with Crippen molar-refractivity contribution in [2.24, 2.45) is 11.3 Å². The van der Waals surface area contributed by atoms with Gasteiger partial charge in [-0.25, -0.2) is 0 Å². The molecule has 0 aromatic carbocycles. The lowest BCUT2D eigenvalue weighted by atomic mass is 9.86. The summed E-state index contributed by atoms with van der Waals surface area (Å²) < 4.78 is 0. The lowest BCUT2D eigenvalue weighted by molar-refractivity contribution is 0.0232. The van der Waals surface area contributed by atoms with E-state index in [1.54, 1.807) is 0 Å². The minimum Gasteiger partial charge on any atom is -0.389 e. The summed E-state index contributed by atoms with van der Waals surface area (Å²) >= 11 is 0. The Hall–Kier alpha value is -0.120. The van der Waals surface area contributed by atoms with E-state index < -0.39 is 5.60 Å². The summed E-state index contributed by atoms with van der Waals surface area (Å²) in [5.41, 5.74) is -0.341. The Kier molecular flexibility index (Phi) is 8.18. The summed E-state index contributed by atoms with van der Waals surface area (Å²) in [6.07, 6.45) is 1.15. The van der Waals surface area contributed by atoms with Gasteiger partial charge in [0.2, 0.25) is 0 Å². The van der Waals surface area contributed by atoms with Gasteiger partial charge in [0.25, 0.3) is 0 Å². The fourth-order valence-electron chi connectivity index (χ4n) is 2.32. The van der Waals surface area contributed by atoms with Crippen LogP contribution in [0.25, 0.3) is 0 Å². The molecule has 3 heteroatoms. The van der Waals surface area contributed by atoms with E-state index in [4.69, 9.17) is 0 Å². The molecular weight excluding hydrogens is 236 g/mol. The summed E-state index contributed by atoms with van der Waals surface area (Å²) in [5, 5.41) is 13.6. The summed E-state index contributed by atoms with van der Waals surface area (Å²) in [5.74, 6) is 0.694. The second kappa shape index (κ2) is 8.23.